The molecule has 0 saturated heterocycles. The van der Waals surface area contributed by atoms with Gasteiger partial charge in [-0.2, -0.15) is 4.31 Å². The highest BCUT2D eigenvalue weighted by Gasteiger charge is 2.40. The molecule has 1 aliphatic heterocycles. The number of aliphatic hydroxyl groups excluding tert-OH is 1. The van der Waals surface area contributed by atoms with Crippen molar-refractivity contribution in [3.8, 4) is 17.2 Å². The van der Waals surface area contributed by atoms with Crippen LogP contribution in [0.3, 0.4) is 0 Å². The SMILES string of the molecule is COc1cc(C)c(S(=O)(=O)N(Cc2ccc3c(c2)OCO3)[C@@H](C(=O)NO)C(C)O)c(C)c1C. The Balaban J connectivity index is 2.18. The summed E-state index contributed by atoms with van der Waals surface area (Å²) >= 11 is 0. The highest BCUT2D eigenvalue weighted by atomic mass is 32.2. The van der Waals surface area contributed by atoms with Crippen LogP contribution in [-0.2, 0) is 21.4 Å². The van der Waals surface area contributed by atoms with E-state index in [0.717, 1.165) is 4.31 Å². The Hall–Kier alpha value is -2.86. The van der Waals surface area contributed by atoms with Gasteiger partial charge in [0.25, 0.3) is 5.91 Å². The van der Waals surface area contributed by atoms with Gasteiger partial charge in [0.15, 0.2) is 11.5 Å². The van der Waals surface area contributed by atoms with Crippen molar-refractivity contribution < 1.29 is 37.7 Å². The molecule has 11 heteroatoms. The Bertz CT molecular complexity index is 1160. The van der Waals surface area contributed by atoms with Gasteiger partial charge >= 0.3 is 0 Å². The van der Waals surface area contributed by atoms with Gasteiger partial charge in [-0.05, 0) is 68.1 Å². The summed E-state index contributed by atoms with van der Waals surface area (Å²) in [5.41, 5.74) is 3.47. The van der Waals surface area contributed by atoms with E-state index in [4.69, 9.17) is 14.2 Å². The summed E-state index contributed by atoms with van der Waals surface area (Å²) in [5, 5.41) is 19.6. The first-order valence-electron chi connectivity index (χ1n) is 10.2. The average molecular weight is 481 g/mol. The zero-order chi connectivity index (χ0) is 24.5. The first kappa shape index (κ1) is 24.8. The van der Waals surface area contributed by atoms with Gasteiger partial charge in [0, 0.05) is 6.54 Å². The molecule has 0 fully saturated rings. The molecule has 1 amide bonds. The number of benzene rings is 2. The van der Waals surface area contributed by atoms with Gasteiger partial charge < -0.3 is 19.3 Å². The summed E-state index contributed by atoms with van der Waals surface area (Å²) in [5.74, 6) is 0.435. The maximum absolute atomic E-state index is 14.0. The van der Waals surface area contributed by atoms with Crippen LogP contribution in [0.5, 0.6) is 17.2 Å². The molecule has 2 atom stereocenters. The molecule has 1 heterocycles. The van der Waals surface area contributed by atoms with E-state index in [1.54, 1.807) is 45.0 Å². The molecule has 180 valence electrons. The van der Waals surface area contributed by atoms with Crippen LogP contribution in [0, 0.1) is 20.8 Å². The Morgan fingerprint density at radius 3 is 2.45 bits per heavy atom. The van der Waals surface area contributed by atoms with Crippen molar-refractivity contribution in [2.24, 2.45) is 0 Å². The van der Waals surface area contributed by atoms with Crippen LogP contribution < -0.4 is 19.7 Å². The monoisotopic (exact) mass is 480 g/mol. The standard InChI is InChI=1S/C22H28N2O8S/c1-12-8-18(30-5)13(2)14(3)21(12)33(28,29)24(20(15(4)25)22(26)23-27)10-16-6-7-17-19(9-16)32-11-31-17/h6-9,15,20,25,27H,10-11H2,1-5H3,(H,23,26)/t15?,20-/m1/s1. The third-order valence-electron chi connectivity index (χ3n) is 5.69. The van der Waals surface area contributed by atoms with Crippen LogP contribution in [0.25, 0.3) is 0 Å². The van der Waals surface area contributed by atoms with Crippen molar-refractivity contribution in [2.75, 3.05) is 13.9 Å². The van der Waals surface area contributed by atoms with Crippen molar-refractivity contribution in [2.45, 2.75) is 51.3 Å². The minimum Gasteiger partial charge on any atom is -0.496 e. The summed E-state index contributed by atoms with van der Waals surface area (Å²) in [6.07, 6.45) is -1.43. The van der Waals surface area contributed by atoms with Gasteiger partial charge in [0.1, 0.15) is 11.8 Å². The lowest BCUT2D eigenvalue weighted by molar-refractivity contribution is -0.136. The van der Waals surface area contributed by atoms with Gasteiger partial charge in [-0.25, -0.2) is 13.9 Å². The van der Waals surface area contributed by atoms with E-state index in [-0.39, 0.29) is 18.2 Å². The van der Waals surface area contributed by atoms with E-state index in [1.807, 2.05) is 0 Å². The Morgan fingerprint density at radius 1 is 1.18 bits per heavy atom. The summed E-state index contributed by atoms with van der Waals surface area (Å²) in [4.78, 5) is 12.5. The number of nitrogens with zero attached hydrogens (tertiary/aromatic N) is 1. The fraction of sp³-hybridized carbons (Fsp3) is 0.409. The van der Waals surface area contributed by atoms with Gasteiger partial charge in [-0.15, -0.1) is 0 Å². The second-order valence-electron chi connectivity index (χ2n) is 7.87. The van der Waals surface area contributed by atoms with Crippen LogP contribution in [0.15, 0.2) is 29.2 Å². The molecule has 3 N–H and O–H groups in total. The van der Waals surface area contributed by atoms with Crippen LogP contribution in [0.1, 0.15) is 29.2 Å². The summed E-state index contributed by atoms with van der Waals surface area (Å²) < 4.78 is 44.9. The van der Waals surface area contributed by atoms with Crippen molar-refractivity contribution >= 4 is 15.9 Å². The van der Waals surface area contributed by atoms with Crippen LogP contribution in [0.4, 0.5) is 0 Å². The lowest BCUT2D eigenvalue weighted by Crippen LogP contribution is -2.54. The van der Waals surface area contributed by atoms with E-state index < -0.39 is 28.1 Å². The van der Waals surface area contributed by atoms with Gasteiger partial charge in [0.05, 0.1) is 18.1 Å². The molecule has 2 aromatic carbocycles. The minimum absolute atomic E-state index is 0.00191. The molecule has 0 aromatic heterocycles. The number of hydrogen-bond acceptors (Lipinski definition) is 8. The first-order chi connectivity index (χ1) is 15.5. The Morgan fingerprint density at radius 2 is 1.85 bits per heavy atom. The number of ether oxygens (including phenoxy) is 3. The number of nitrogens with one attached hydrogen (secondary N) is 1. The molecule has 2 aromatic rings. The predicted octanol–water partition coefficient (Wildman–Crippen LogP) is 1.79. The number of carbonyl (C=O) groups excluding carboxylic acids is 1. The molecule has 3 rings (SSSR count). The zero-order valence-electron chi connectivity index (χ0n) is 19.1. The molecule has 33 heavy (non-hydrogen) atoms. The normalized spacial score (nSPS) is 14.8. The van der Waals surface area contributed by atoms with Crippen LogP contribution >= 0.6 is 0 Å². The fourth-order valence-electron chi connectivity index (χ4n) is 3.96. The second-order valence-corrected chi connectivity index (χ2v) is 9.70. The van der Waals surface area contributed by atoms with E-state index in [2.05, 4.69) is 0 Å². The van der Waals surface area contributed by atoms with Gasteiger partial charge in [0.2, 0.25) is 16.8 Å². The number of rotatable bonds is 8. The molecule has 0 saturated carbocycles. The largest absolute Gasteiger partial charge is 0.496 e. The number of methoxy groups -OCH3 is 1. The molecule has 0 aliphatic carbocycles. The molecule has 0 radical (unpaired) electrons. The van der Waals surface area contributed by atoms with E-state index in [1.165, 1.54) is 19.5 Å². The van der Waals surface area contributed by atoms with Gasteiger partial charge in [-0.1, -0.05) is 6.07 Å². The van der Waals surface area contributed by atoms with Crippen molar-refractivity contribution in [3.05, 3.63) is 46.5 Å². The maximum Gasteiger partial charge on any atom is 0.264 e. The predicted molar refractivity (Wildman–Crippen MR) is 118 cm³/mol. The number of hydrogen-bond donors (Lipinski definition) is 3. The molecule has 1 unspecified atom stereocenters. The third-order valence-corrected chi connectivity index (χ3v) is 7.80. The fourth-order valence-corrected chi connectivity index (χ4v) is 6.09. The number of amides is 1. The molecule has 0 spiro atoms. The maximum atomic E-state index is 14.0. The quantitative estimate of drug-likeness (QED) is 0.385. The number of carbonyl (C=O) groups is 1. The third kappa shape index (κ3) is 4.62. The Labute approximate surface area is 192 Å². The van der Waals surface area contributed by atoms with Crippen molar-refractivity contribution in [1.82, 2.24) is 9.79 Å². The zero-order valence-corrected chi connectivity index (χ0v) is 19.9. The van der Waals surface area contributed by atoms with Gasteiger partial charge in [-0.3, -0.25) is 10.0 Å². The number of hydroxylamine groups is 1. The van der Waals surface area contributed by atoms with E-state index in [9.17, 15) is 23.5 Å². The van der Waals surface area contributed by atoms with Crippen molar-refractivity contribution in [3.63, 3.8) is 0 Å². The smallest absolute Gasteiger partial charge is 0.264 e. The Kier molecular flexibility index (Phi) is 7.17. The molecule has 1 aliphatic rings. The lowest BCUT2D eigenvalue weighted by Gasteiger charge is -2.32. The number of sulfonamides is 1. The van der Waals surface area contributed by atoms with E-state index >= 15 is 0 Å². The van der Waals surface area contributed by atoms with Crippen LogP contribution in [-0.4, -0.2) is 55.0 Å². The van der Waals surface area contributed by atoms with Crippen molar-refractivity contribution in [1.29, 1.82) is 0 Å². The van der Waals surface area contributed by atoms with E-state index in [0.29, 0.717) is 39.5 Å². The topological polar surface area (TPSA) is 135 Å². The molecule has 10 nitrogen and oxygen atoms in total. The first-order valence-corrected chi connectivity index (χ1v) is 11.6. The number of aliphatic hydroxyl groups is 1. The summed E-state index contributed by atoms with van der Waals surface area (Å²) in [7, 11) is -2.85. The minimum atomic E-state index is -4.35. The molecule has 0 bridgehead atoms. The molecular formula is C22H28N2O8S. The highest BCUT2D eigenvalue weighted by molar-refractivity contribution is 7.89. The summed E-state index contributed by atoms with van der Waals surface area (Å²) in [6.45, 7) is 6.08. The highest BCUT2D eigenvalue weighted by Crippen LogP contribution is 2.36. The lowest BCUT2D eigenvalue weighted by atomic mass is 10.1. The average Bonchev–Trinajstić information content (AvgIpc) is 3.23. The second kappa shape index (κ2) is 9.56. The number of fused-ring (bicyclic) bond motifs is 1. The molecular weight excluding hydrogens is 452 g/mol. The number of aryl methyl sites for hydroxylation is 1. The van der Waals surface area contributed by atoms with Crippen LogP contribution in [0.2, 0.25) is 0 Å². The summed E-state index contributed by atoms with van der Waals surface area (Å²) in [6, 6.07) is 4.90.